The Morgan fingerprint density at radius 1 is 1.29 bits per heavy atom. The van der Waals surface area contributed by atoms with E-state index in [0.29, 0.717) is 23.5 Å². The Morgan fingerprint density at radius 3 is 2.90 bits per heavy atom. The molecule has 0 saturated heterocycles. The number of hydrogen-bond donors (Lipinski definition) is 2. The molecule has 2 saturated carbocycles. The van der Waals surface area contributed by atoms with Gasteiger partial charge in [0.1, 0.15) is 5.75 Å². The van der Waals surface area contributed by atoms with E-state index in [9.17, 15) is 10.2 Å². The van der Waals surface area contributed by atoms with Crippen molar-refractivity contribution in [2.24, 2.45) is 17.3 Å². The fraction of sp³-hybridized carbons (Fsp3) is 0.579. The van der Waals surface area contributed by atoms with Crippen LogP contribution in [0.4, 0.5) is 0 Å². The number of phenols is 1. The molecule has 2 fully saturated rings. The number of fused-ring (bicyclic) bond motifs is 5. The number of phenolic OH excluding ortho intramolecular Hbond substituents is 1. The molecule has 0 spiro atoms. The van der Waals surface area contributed by atoms with Crippen molar-refractivity contribution in [2.45, 2.75) is 51.0 Å². The third kappa shape index (κ3) is 1.75. The predicted octanol–water partition coefficient (Wildman–Crippen LogP) is 3.78. The lowest BCUT2D eigenvalue weighted by Crippen LogP contribution is -2.40. The molecule has 112 valence electrons. The largest absolute Gasteiger partial charge is 0.508 e. The molecule has 3 aliphatic rings. The van der Waals surface area contributed by atoms with E-state index in [4.69, 9.17) is 0 Å². The van der Waals surface area contributed by atoms with Crippen molar-refractivity contribution < 1.29 is 10.2 Å². The summed E-state index contributed by atoms with van der Waals surface area (Å²) in [7, 11) is 0. The van der Waals surface area contributed by atoms with E-state index in [0.717, 1.165) is 24.8 Å². The molecular weight excluding hydrogens is 260 g/mol. The topological polar surface area (TPSA) is 40.5 Å². The summed E-state index contributed by atoms with van der Waals surface area (Å²) < 4.78 is 0. The van der Waals surface area contributed by atoms with Crippen LogP contribution in [0.2, 0.25) is 0 Å². The number of aryl methyl sites for hydroxylation is 1. The van der Waals surface area contributed by atoms with Crippen LogP contribution in [0, 0.1) is 17.3 Å². The minimum atomic E-state index is -0.306. The first-order chi connectivity index (χ1) is 10.0. The third-order valence-electron chi connectivity index (χ3n) is 6.71. The van der Waals surface area contributed by atoms with E-state index in [1.165, 1.54) is 24.0 Å². The molecule has 1 aromatic carbocycles. The van der Waals surface area contributed by atoms with Crippen LogP contribution in [0.1, 0.15) is 49.7 Å². The summed E-state index contributed by atoms with van der Waals surface area (Å²) in [5, 5.41) is 20.0. The van der Waals surface area contributed by atoms with E-state index >= 15 is 0 Å². The van der Waals surface area contributed by atoms with Gasteiger partial charge in [0.15, 0.2) is 0 Å². The normalized spacial score (nSPS) is 41.3. The minimum absolute atomic E-state index is 0.134. The van der Waals surface area contributed by atoms with Gasteiger partial charge in [-0.25, -0.2) is 0 Å². The van der Waals surface area contributed by atoms with Gasteiger partial charge in [0.05, 0.1) is 6.10 Å². The van der Waals surface area contributed by atoms with Crippen LogP contribution in [0.5, 0.6) is 5.75 Å². The van der Waals surface area contributed by atoms with Crippen LogP contribution in [-0.4, -0.2) is 16.3 Å². The Hall–Kier alpha value is -1.28. The van der Waals surface area contributed by atoms with Crippen LogP contribution < -0.4 is 0 Å². The lowest BCUT2D eigenvalue weighted by Gasteiger charge is -2.49. The van der Waals surface area contributed by atoms with Crippen molar-refractivity contribution in [3.63, 3.8) is 0 Å². The van der Waals surface area contributed by atoms with E-state index in [2.05, 4.69) is 19.6 Å². The molecule has 0 aromatic heterocycles. The number of aliphatic hydroxyl groups excluding tert-OH is 1. The Morgan fingerprint density at radius 2 is 2.10 bits per heavy atom. The Kier molecular flexibility index (Phi) is 2.78. The van der Waals surface area contributed by atoms with Gasteiger partial charge in [-0.05, 0) is 84.1 Å². The maximum atomic E-state index is 10.3. The number of hydrogen-bond acceptors (Lipinski definition) is 2. The van der Waals surface area contributed by atoms with Gasteiger partial charge < -0.3 is 10.2 Å². The lowest BCUT2D eigenvalue weighted by atomic mass is 9.55. The summed E-state index contributed by atoms with van der Waals surface area (Å²) in [5.41, 5.74) is 3.98. The van der Waals surface area contributed by atoms with Gasteiger partial charge in [0.2, 0.25) is 0 Å². The average Bonchev–Trinajstić information content (AvgIpc) is 2.70. The number of rotatable bonds is 0. The third-order valence-corrected chi connectivity index (χ3v) is 6.71. The van der Waals surface area contributed by atoms with Crippen molar-refractivity contribution in [1.29, 1.82) is 0 Å². The average molecular weight is 284 g/mol. The summed E-state index contributed by atoms with van der Waals surface area (Å²) in [6.45, 7) is 6.52. The molecular formula is C19H24O2. The highest BCUT2D eigenvalue weighted by molar-refractivity contribution is 5.41. The highest BCUT2D eigenvalue weighted by Gasteiger charge is 2.54. The van der Waals surface area contributed by atoms with E-state index in [-0.39, 0.29) is 11.5 Å². The number of benzene rings is 1. The molecule has 4 rings (SSSR count). The van der Waals surface area contributed by atoms with Crippen molar-refractivity contribution in [3.05, 3.63) is 41.5 Å². The summed E-state index contributed by atoms with van der Waals surface area (Å²) in [6.07, 6.45) is 5.14. The molecule has 2 nitrogen and oxygen atoms in total. The highest BCUT2D eigenvalue weighted by Crippen LogP contribution is 2.62. The van der Waals surface area contributed by atoms with Crippen molar-refractivity contribution >= 4 is 0 Å². The Bertz CT molecular complexity index is 606. The zero-order chi connectivity index (χ0) is 14.8. The van der Waals surface area contributed by atoms with E-state index in [1.54, 1.807) is 0 Å². The molecule has 5 atom stereocenters. The van der Waals surface area contributed by atoms with Gasteiger partial charge in [-0.15, -0.1) is 0 Å². The summed E-state index contributed by atoms with van der Waals surface area (Å²) in [4.78, 5) is 0. The first-order valence-corrected chi connectivity index (χ1v) is 8.20. The molecule has 0 radical (unpaired) electrons. The second kappa shape index (κ2) is 4.36. The van der Waals surface area contributed by atoms with Crippen LogP contribution in [0.3, 0.4) is 0 Å². The molecule has 0 heterocycles. The van der Waals surface area contributed by atoms with Crippen LogP contribution >= 0.6 is 0 Å². The number of aromatic hydroxyl groups is 1. The molecule has 21 heavy (non-hydrogen) atoms. The standard InChI is InChI=1S/C19H24O2/c1-11-18(21)10-17-16-5-3-12-9-13(20)4-6-14(12)15(16)7-8-19(11,17)2/h4,6,9,15-18,20-21H,1,3,5,7-8,10H2,2H3/t15?,16?,17?,18-,19-/m1/s1. The predicted molar refractivity (Wildman–Crippen MR) is 83.3 cm³/mol. The highest BCUT2D eigenvalue weighted by atomic mass is 16.3. The first-order valence-electron chi connectivity index (χ1n) is 8.20. The van der Waals surface area contributed by atoms with Gasteiger partial charge in [0, 0.05) is 0 Å². The fourth-order valence-electron chi connectivity index (χ4n) is 5.49. The molecule has 2 heteroatoms. The summed E-state index contributed by atoms with van der Waals surface area (Å²) >= 11 is 0. The maximum absolute atomic E-state index is 10.3. The van der Waals surface area contributed by atoms with Gasteiger partial charge in [0.25, 0.3) is 0 Å². The quantitative estimate of drug-likeness (QED) is 0.712. The minimum Gasteiger partial charge on any atom is -0.508 e. The van der Waals surface area contributed by atoms with Crippen molar-refractivity contribution in [1.82, 2.24) is 0 Å². The smallest absolute Gasteiger partial charge is 0.115 e. The second-order valence-corrected chi connectivity index (χ2v) is 7.53. The molecule has 2 N–H and O–H groups in total. The maximum Gasteiger partial charge on any atom is 0.115 e. The molecule has 0 amide bonds. The van der Waals surface area contributed by atoms with Gasteiger partial charge >= 0.3 is 0 Å². The number of aliphatic hydroxyl groups is 1. The van der Waals surface area contributed by atoms with Crippen LogP contribution in [-0.2, 0) is 6.42 Å². The summed E-state index contributed by atoms with van der Waals surface area (Å²) in [6, 6.07) is 5.91. The van der Waals surface area contributed by atoms with Gasteiger partial charge in [-0.3, -0.25) is 0 Å². The second-order valence-electron chi connectivity index (χ2n) is 7.53. The molecule has 0 aliphatic heterocycles. The Labute approximate surface area is 126 Å². The van der Waals surface area contributed by atoms with E-state index in [1.807, 2.05) is 12.1 Å². The zero-order valence-electron chi connectivity index (χ0n) is 12.7. The lowest BCUT2D eigenvalue weighted by molar-refractivity contribution is 0.0783. The Balaban J connectivity index is 1.73. The zero-order valence-corrected chi connectivity index (χ0v) is 12.7. The molecule has 3 aliphatic carbocycles. The molecule has 1 aromatic rings. The first kappa shape index (κ1) is 13.4. The van der Waals surface area contributed by atoms with E-state index < -0.39 is 0 Å². The summed E-state index contributed by atoms with van der Waals surface area (Å²) in [5.74, 6) is 2.22. The SMILES string of the molecule is C=C1[C@H](O)CC2C3CCc4cc(O)ccc4C3CC[C@]12C. The van der Waals surface area contributed by atoms with Crippen LogP contribution in [0.25, 0.3) is 0 Å². The van der Waals surface area contributed by atoms with Crippen molar-refractivity contribution in [2.75, 3.05) is 0 Å². The molecule has 3 unspecified atom stereocenters. The monoisotopic (exact) mass is 284 g/mol. The molecule has 0 bridgehead atoms. The van der Waals surface area contributed by atoms with Crippen molar-refractivity contribution in [3.8, 4) is 5.75 Å². The fourth-order valence-corrected chi connectivity index (χ4v) is 5.49. The van der Waals surface area contributed by atoms with Crippen LogP contribution in [0.15, 0.2) is 30.4 Å². The van der Waals surface area contributed by atoms with Gasteiger partial charge in [-0.1, -0.05) is 19.6 Å². The van der Waals surface area contributed by atoms with Gasteiger partial charge in [-0.2, -0.15) is 0 Å².